The van der Waals surface area contributed by atoms with Crippen molar-refractivity contribution < 1.29 is 45.3 Å². The van der Waals surface area contributed by atoms with E-state index >= 15 is 26.3 Å². The molecule has 11 heteroatoms. The predicted molar refractivity (Wildman–Crippen MR) is 152 cm³/mol. The number of methoxy groups -OCH3 is 1. The lowest BCUT2D eigenvalue weighted by molar-refractivity contribution is -0.359. The van der Waals surface area contributed by atoms with Crippen molar-refractivity contribution >= 4 is 11.9 Å². The number of carbonyl (C=O) groups is 1. The van der Waals surface area contributed by atoms with E-state index in [1.54, 1.807) is 20.8 Å². The van der Waals surface area contributed by atoms with Gasteiger partial charge in [-0.05, 0) is 67.0 Å². The lowest BCUT2D eigenvalue weighted by atomic mass is 9.33. The van der Waals surface area contributed by atoms with Crippen LogP contribution in [0.2, 0.25) is 0 Å². The summed E-state index contributed by atoms with van der Waals surface area (Å²) in [7, 11) is 1.37. The smallest absolute Gasteiger partial charge is 0.424 e. The molecule has 0 spiro atoms. The van der Waals surface area contributed by atoms with Crippen LogP contribution in [-0.2, 0) is 14.3 Å². The summed E-state index contributed by atoms with van der Waals surface area (Å²) in [6.45, 7) is 18.1. The fourth-order valence-electron chi connectivity index (χ4n) is 6.88. The number of benzene rings is 1. The molecule has 1 aliphatic heterocycles. The van der Waals surface area contributed by atoms with Crippen LogP contribution >= 0.6 is 0 Å². The average molecular weight is 620 g/mol. The molecule has 2 atom stereocenters. The van der Waals surface area contributed by atoms with Crippen LogP contribution in [0.15, 0.2) is 40.4 Å². The zero-order valence-electron chi connectivity index (χ0n) is 27.2. The number of hydrogen-bond acceptors (Lipinski definition) is 5. The Morgan fingerprint density at radius 2 is 1.19 bits per heavy atom. The van der Waals surface area contributed by atoms with Gasteiger partial charge < -0.3 is 14.2 Å². The summed E-state index contributed by atoms with van der Waals surface area (Å²) in [5.74, 6) is -2.26. The molecule has 0 unspecified atom stereocenters. The molecule has 2 aliphatic rings. The van der Waals surface area contributed by atoms with Gasteiger partial charge in [0.15, 0.2) is 11.0 Å². The molecule has 1 heterocycles. The molecule has 0 amide bonds. The van der Waals surface area contributed by atoms with Gasteiger partial charge in [0.05, 0.1) is 7.11 Å². The standard InChI is InChI=1S/C32H43F6NO4/c1-24(2,3)20-21(25(4,5)6)29(26(7,8)9)28(20,23(40)43-27(10,11)12)30(31(33,34)35,32(36,37)38)39-22(42-29)18-14-16-19(41-13)17-15-18/h14-17H,1-13H3/t28-,29+/m1/s1. The van der Waals surface area contributed by atoms with Gasteiger partial charge in [-0.25, -0.2) is 4.99 Å². The van der Waals surface area contributed by atoms with Crippen molar-refractivity contribution in [2.45, 2.75) is 112 Å². The Kier molecular flexibility index (Phi) is 7.79. The highest BCUT2D eigenvalue weighted by Crippen LogP contribution is 2.80. The zero-order valence-corrected chi connectivity index (χ0v) is 27.2. The SMILES string of the molecule is COc1ccc(C2=NC(C(F)(F)F)(C(F)(F)F)[C@@]3(C(=O)OC(C)(C)C)C(C(C)(C)C)=C(C(C)(C)C)[C@@]3(C(C)(C)C)O2)cc1. The van der Waals surface area contributed by atoms with E-state index in [0.717, 1.165) is 0 Å². The zero-order chi connectivity index (χ0) is 33.6. The van der Waals surface area contributed by atoms with Crippen LogP contribution in [0.1, 0.15) is 88.6 Å². The number of ether oxygens (including phenoxy) is 3. The summed E-state index contributed by atoms with van der Waals surface area (Å²) in [6.07, 6.45) is -12.2. The largest absolute Gasteiger partial charge is 0.497 e. The van der Waals surface area contributed by atoms with Crippen molar-refractivity contribution in [3.05, 3.63) is 41.0 Å². The lowest BCUT2D eigenvalue weighted by Crippen LogP contribution is -2.87. The Hall–Kier alpha value is -2.72. The number of rotatable bonds is 3. The summed E-state index contributed by atoms with van der Waals surface area (Å²) in [4.78, 5) is 18.1. The maximum Gasteiger partial charge on any atom is 0.424 e. The van der Waals surface area contributed by atoms with Gasteiger partial charge in [-0.3, -0.25) is 4.79 Å². The van der Waals surface area contributed by atoms with Gasteiger partial charge in [-0.15, -0.1) is 0 Å². The quantitative estimate of drug-likeness (QED) is 0.193. The van der Waals surface area contributed by atoms with Crippen molar-refractivity contribution in [1.29, 1.82) is 0 Å². The number of esters is 1. The van der Waals surface area contributed by atoms with Crippen molar-refractivity contribution in [3.63, 3.8) is 0 Å². The van der Waals surface area contributed by atoms with E-state index in [2.05, 4.69) is 4.99 Å². The van der Waals surface area contributed by atoms with Crippen molar-refractivity contribution in [2.75, 3.05) is 7.11 Å². The van der Waals surface area contributed by atoms with Crippen LogP contribution in [0, 0.1) is 21.7 Å². The summed E-state index contributed by atoms with van der Waals surface area (Å²) >= 11 is 0. The number of aliphatic imine (C=N–C) groups is 1. The van der Waals surface area contributed by atoms with E-state index < -0.39 is 62.6 Å². The molecule has 5 nitrogen and oxygen atoms in total. The van der Waals surface area contributed by atoms with Crippen LogP contribution in [0.4, 0.5) is 26.3 Å². The van der Waals surface area contributed by atoms with Gasteiger partial charge >= 0.3 is 18.3 Å². The lowest BCUT2D eigenvalue weighted by Gasteiger charge is -2.73. The van der Waals surface area contributed by atoms with Crippen LogP contribution in [-0.4, -0.2) is 48.1 Å². The van der Waals surface area contributed by atoms with Crippen LogP contribution in [0.3, 0.4) is 0 Å². The average Bonchev–Trinajstić information content (AvgIpc) is 2.74. The minimum absolute atomic E-state index is 0.141. The first-order chi connectivity index (χ1) is 19.0. The second-order valence-electron chi connectivity index (χ2n) is 15.4. The first-order valence-corrected chi connectivity index (χ1v) is 14.0. The molecule has 0 radical (unpaired) electrons. The van der Waals surface area contributed by atoms with Crippen molar-refractivity contribution in [1.82, 2.24) is 0 Å². The topological polar surface area (TPSA) is 57.1 Å². The second kappa shape index (κ2) is 9.64. The summed E-state index contributed by atoms with van der Waals surface area (Å²) in [5, 5.41) is 0. The highest BCUT2D eigenvalue weighted by atomic mass is 19.4. The number of nitrogens with zero attached hydrogens (tertiary/aromatic N) is 1. The molecular formula is C32H43F6NO4. The van der Waals surface area contributed by atoms with E-state index in [-0.39, 0.29) is 16.7 Å². The van der Waals surface area contributed by atoms with Crippen molar-refractivity contribution in [3.8, 4) is 5.75 Å². The first kappa shape index (κ1) is 34.8. The van der Waals surface area contributed by atoms with E-state index in [1.165, 1.54) is 93.7 Å². The third-order valence-electron chi connectivity index (χ3n) is 7.99. The Bertz CT molecular complexity index is 1320. The maximum absolute atomic E-state index is 15.8. The van der Waals surface area contributed by atoms with Gasteiger partial charge in [-0.2, -0.15) is 26.3 Å². The number of halogens is 6. The van der Waals surface area contributed by atoms with Crippen molar-refractivity contribution in [2.24, 2.45) is 26.7 Å². The highest BCUT2D eigenvalue weighted by molar-refractivity contribution is 6.01. The van der Waals surface area contributed by atoms with Crippen LogP contribution in [0.5, 0.6) is 5.75 Å². The minimum Gasteiger partial charge on any atom is -0.497 e. The molecule has 43 heavy (non-hydrogen) atoms. The molecule has 242 valence electrons. The molecular weight excluding hydrogens is 576 g/mol. The van der Waals surface area contributed by atoms with Gasteiger partial charge in [0.1, 0.15) is 11.4 Å². The molecule has 0 saturated carbocycles. The maximum atomic E-state index is 15.8. The summed E-state index contributed by atoms with van der Waals surface area (Å²) in [6, 6.07) is 5.31. The number of alkyl halides is 6. The Labute approximate surface area is 250 Å². The predicted octanol–water partition coefficient (Wildman–Crippen LogP) is 8.85. The second-order valence-corrected chi connectivity index (χ2v) is 15.4. The Balaban J connectivity index is 2.81. The van der Waals surface area contributed by atoms with Crippen LogP contribution in [0.25, 0.3) is 0 Å². The van der Waals surface area contributed by atoms with Gasteiger partial charge in [0.25, 0.3) is 5.54 Å². The van der Waals surface area contributed by atoms with Gasteiger partial charge in [0, 0.05) is 11.0 Å². The fraction of sp³-hybridized carbons (Fsp3) is 0.688. The first-order valence-electron chi connectivity index (χ1n) is 14.0. The number of fused-ring (bicyclic) bond motifs is 1. The molecule has 0 fully saturated rings. The monoisotopic (exact) mass is 619 g/mol. The van der Waals surface area contributed by atoms with Crippen LogP contribution < -0.4 is 4.74 Å². The molecule has 1 aromatic carbocycles. The normalized spacial score (nSPS) is 24.9. The molecule has 0 bridgehead atoms. The minimum atomic E-state index is -6.12. The molecule has 0 aromatic heterocycles. The summed E-state index contributed by atoms with van der Waals surface area (Å²) < 4.78 is 112. The molecule has 0 N–H and O–H groups in total. The fourth-order valence-corrected chi connectivity index (χ4v) is 6.88. The third-order valence-corrected chi connectivity index (χ3v) is 7.99. The Morgan fingerprint density at radius 3 is 1.51 bits per heavy atom. The van der Waals surface area contributed by atoms with Gasteiger partial charge in [-0.1, -0.05) is 62.3 Å². The number of carbonyl (C=O) groups excluding carboxylic acids is 1. The van der Waals surface area contributed by atoms with Gasteiger partial charge in [0.2, 0.25) is 5.90 Å². The summed E-state index contributed by atoms with van der Waals surface area (Å²) in [5.41, 5.74) is -16.7. The van der Waals surface area contributed by atoms with E-state index in [9.17, 15) is 4.79 Å². The Morgan fingerprint density at radius 1 is 0.744 bits per heavy atom. The highest BCUT2D eigenvalue weighted by Gasteiger charge is 2.96. The molecule has 0 saturated heterocycles. The number of hydrogen-bond donors (Lipinski definition) is 0. The van der Waals surface area contributed by atoms with E-state index in [0.29, 0.717) is 5.75 Å². The third kappa shape index (κ3) is 4.74. The molecule has 3 rings (SSSR count). The van der Waals surface area contributed by atoms with E-state index in [4.69, 9.17) is 14.2 Å². The van der Waals surface area contributed by atoms with E-state index in [1.807, 2.05) is 0 Å². The molecule has 1 aromatic rings. The molecule has 1 aliphatic carbocycles.